The standard InChI is InChI=1S/C9H19N3O3S/c10-9-2-1-3-12(8-9)16(13,14)11-4-6-15-7-5-11/h9H,1-8,10H2/t9-/m0/s1. The van der Waals surface area contributed by atoms with E-state index >= 15 is 0 Å². The van der Waals surface area contributed by atoms with E-state index in [4.69, 9.17) is 10.5 Å². The first-order valence-corrected chi connectivity index (χ1v) is 7.09. The Morgan fingerprint density at radius 3 is 2.44 bits per heavy atom. The van der Waals surface area contributed by atoms with E-state index in [1.54, 1.807) is 0 Å². The lowest BCUT2D eigenvalue weighted by molar-refractivity contribution is 0.0695. The van der Waals surface area contributed by atoms with E-state index in [1.165, 1.54) is 8.61 Å². The van der Waals surface area contributed by atoms with Crippen LogP contribution in [0.3, 0.4) is 0 Å². The SMILES string of the molecule is N[C@H]1CCCN(S(=O)(=O)N2CCOCC2)C1. The maximum absolute atomic E-state index is 12.2. The summed E-state index contributed by atoms with van der Waals surface area (Å²) in [7, 11) is -3.31. The summed E-state index contributed by atoms with van der Waals surface area (Å²) in [5.74, 6) is 0. The van der Waals surface area contributed by atoms with Gasteiger partial charge < -0.3 is 10.5 Å². The molecular formula is C9H19N3O3S. The number of nitrogens with two attached hydrogens (primary N) is 1. The van der Waals surface area contributed by atoms with Gasteiger partial charge in [0.15, 0.2) is 0 Å². The molecule has 0 spiro atoms. The van der Waals surface area contributed by atoms with Gasteiger partial charge >= 0.3 is 0 Å². The van der Waals surface area contributed by atoms with Crippen LogP contribution in [0.1, 0.15) is 12.8 Å². The van der Waals surface area contributed by atoms with Crippen molar-refractivity contribution in [1.29, 1.82) is 0 Å². The lowest BCUT2D eigenvalue weighted by atomic mass is 10.1. The van der Waals surface area contributed by atoms with Gasteiger partial charge in [0.05, 0.1) is 13.2 Å². The molecule has 2 rings (SSSR count). The van der Waals surface area contributed by atoms with Gasteiger partial charge in [0, 0.05) is 32.2 Å². The Balaban J connectivity index is 2.05. The number of piperidine rings is 1. The molecule has 0 aromatic rings. The van der Waals surface area contributed by atoms with Crippen molar-refractivity contribution >= 4 is 10.2 Å². The zero-order valence-corrected chi connectivity index (χ0v) is 10.2. The fourth-order valence-corrected chi connectivity index (χ4v) is 3.80. The predicted octanol–water partition coefficient (Wildman–Crippen LogP) is -1.01. The number of nitrogens with zero attached hydrogens (tertiary/aromatic N) is 2. The van der Waals surface area contributed by atoms with Crippen molar-refractivity contribution in [2.45, 2.75) is 18.9 Å². The van der Waals surface area contributed by atoms with Crippen LogP contribution in [0, 0.1) is 0 Å². The Morgan fingerprint density at radius 1 is 1.12 bits per heavy atom. The van der Waals surface area contributed by atoms with Crippen LogP contribution in [-0.4, -0.2) is 62.5 Å². The highest BCUT2D eigenvalue weighted by Gasteiger charge is 2.33. The summed E-state index contributed by atoms with van der Waals surface area (Å²) in [5.41, 5.74) is 5.80. The highest BCUT2D eigenvalue weighted by atomic mass is 32.2. The molecule has 0 unspecified atom stereocenters. The molecule has 0 amide bonds. The normalized spacial score (nSPS) is 30.4. The fourth-order valence-electron chi connectivity index (χ4n) is 2.12. The molecular weight excluding hydrogens is 230 g/mol. The Labute approximate surface area is 96.5 Å². The molecule has 0 saturated carbocycles. The molecule has 6 nitrogen and oxygen atoms in total. The van der Waals surface area contributed by atoms with Crippen molar-refractivity contribution in [3.63, 3.8) is 0 Å². The van der Waals surface area contributed by atoms with Gasteiger partial charge in [0.2, 0.25) is 0 Å². The highest BCUT2D eigenvalue weighted by Crippen LogP contribution is 2.16. The van der Waals surface area contributed by atoms with Crippen LogP contribution in [-0.2, 0) is 14.9 Å². The molecule has 0 bridgehead atoms. The first-order valence-electron chi connectivity index (χ1n) is 5.69. The third-order valence-corrected chi connectivity index (χ3v) is 5.05. The lowest BCUT2D eigenvalue weighted by Gasteiger charge is -2.35. The minimum Gasteiger partial charge on any atom is -0.379 e. The van der Waals surface area contributed by atoms with E-state index in [0.29, 0.717) is 39.4 Å². The third kappa shape index (κ3) is 2.54. The van der Waals surface area contributed by atoms with Gasteiger partial charge in [-0.05, 0) is 12.8 Å². The maximum atomic E-state index is 12.2. The smallest absolute Gasteiger partial charge is 0.282 e. The van der Waals surface area contributed by atoms with E-state index in [9.17, 15) is 8.42 Å². The fraction of sp³-hybridized carbons (Fsp3) is 1.00. The second-order valence-corrected chi connectivity index (χ2v) is 6.21. The van der Waals surface area contributed by atoms with Crippen LogP contribution < -0.4 is 5.73 Å². The van der Waals surface area contributed by atoms with Gasteiger partial charge in [-0.15, -0.1) is 0 Å². The zero-order chi connectivity index (χ0) is 11.6. The van der Waals surface area contributed by atoms with Crippen LogP contribution in [0.15, 0.2) is 0 Å². The average molecular weight is 249 g/mol. The summed E-state index contributed by atoms with van der Waals surface area (Å²) in [4.78, 5) is 0. The summed E-state index contributed by atoms with van der Waals surface area (Å²) >= 11 is 0. The van der Waals surface area contributed by atoms with Crippen molar-refractivity contribution in [2.24, 2.45) is 5.73 Å². The summed E-state index contributed by atoms with van der Waals surface area (Å²) in [5, 5.41) is 0. The van der Waals surface area contributed by atoms with E-state index in [-0.39, 0.29) is 6.04 Å². The van der Waals surface area contributed by atoms with Gasteiger partial charge in [-0.3, -0.25) is 0 Å². The lowest BCUT2D eigenvalue weighted by Crippen LogP contribution is -2.53. The molecule has 0 radical (unpaired) electrons. The monoisotopic (exact) mass is 249 g/mol. The predicted molar refractivity (Wildman–Crippen MR) is 60.1 cm³/mol. The molecule has 16 heavy (non-hydrogen) atoms. The zero-order valence-electron chi connectivity index (χ0n) is 9.34. The second kappa shape index (κ2) is 4.97. The number of morpholine rings is 1. The Morgan fingerprint density at radius 2 is 1.81 bits per heavy atom. The van der Waals surface area contributed by atoms with E-state index in [1.807, 2.05) is 0 Å². The number of hydrogen-bond donors (Lipinski definition) is 1. The molecule has 2 N–H and O–H groups in total. The van der Waals surface area contributed by atoms with Crippen LogP contribution >= 0.6 is 0 Å². The molecule has 2 aliphatic heterocycles. The molecule has 2 saturated heterocycles. The van der Waals surface area contributed by atoms with Crippen molar-refractivity contribution in [3.8, 4) is 0 Å². The van der Waals surface area contributed by atoms with E-state index in [0.717, 1.165) is 12.8 Å². The van der Waals surface area contributed by atoms with Crippen molar-refractivity contribution in [3.05, 3.63) is 0 Å². The average Bonchev–Trinajstić information content (AvgIpc) is 2.30. The van der Waals surface area contributed by atoms with Crippen LogP contribution in [0.2, 0.25) is 0 Å². The van der Waals surface area contributed by atoms with Gasteiger partial charge in [-0.1, -0.05) is 0 Å². The van der Waals surface area contributed by atoms with Crippen LogP contribution in [0.25, 0.3) is 0 Å². The topological polar surface area (TPSA) is 75.9 Å². The molecule has 1 atom stereocenters. The number of rotatable bonds is 2. The van der Waals surface area contributed by atoms with Gasteiger partial charge in [-0.2, -0.15) is 17.0 Å². The minimum absolute atomic E-state index is 0.0236. The highest BCUT2D eigenvalue weighted by molar-refractivity contribution is 7.86. The molecule has 2 fully saturated rings. The van der Waals surface area contributed by atoms with Gasteiger partial charge in [0.25, 0.3) is 10.2 Å². The summed E-state index contributed by atoms with van der Waals surface area (Å²) in [6.45, 7) is 2.91. The second-order valence-electron chi connectivity index (χ2n) is 4.28. The van der Waals surface area contributed by atoms with Crippen LogP contribution in [0.4, 0.5) is 0 Å². The molecule has 0 aromatic carbocycles. The quantitative estimate of drug-likeness (QED) is 0.680. The van der Waals surface area contributed by atoms with Crippen LogP contribution in [0.5, 0.6) is 0 Å². The summed E-state index contributed by atoms with van der Waals surface area (Å²) in [6.07, 6.45) is 1.76. The van der Waals surface area contributed by atoms with Crippen molar-refractivity contribution in [1.82, 2.24) is 8.61 Å². The Hall–Kier alpha value is -0.210. The summed E-state index contributed by atoms with van der Waals surface area (Å²) in [6, 6.07) is -0.0236. The minimum atomic E-state index is -3.31. The van der Waals surface area contributed by atoms with Gasteiger partial charge in [0.1, 0.15) is 0 Å². The van der Waals surface area contributed by atoms with Crippen molar-refractivity contribution < 1.29 is 13.2 Å². The maximum Gasteiger partial charge on any atom is 0.282 e. The molecule has 7 heteroatoms. The van der Waals surface area contributed by atoms with Crippen molar-refractivity contribution in [2.75, 3.05) is 39.4 Å². The van der Waals surface area contributed by atoms with E-state index < -0.39 is 10.2 Å². The Kier molecular flexibility index (Phi) is 3.81. The molecule has 94 valence electrons. The van der Waals surface area contributed by atoms with Gasteiger partial charge in [-0.25, -0.2) is 0 Å². The number of ether oxygens (including phenoxy) is 1. The first-order chi connectivity index (χ1) is 7.60. The molecule has 2 heterocycles. The number of hydrogen-bond acceptors (Lipinski definition) is 4. The molecule has 0 aromatic heterocycles. The Bertz CT molecular complexity index is 327. The molecule has 2 aliphatic rings. The molecule has 0 aliphatic carbocycles. The summed E-state index contributed by atoms with van der Waals surface area (Å²) < 4.78 is 32.6. The first kappa shape index (κ1) is 12.3. The van der Waals surface area contributed by atoms with E-state index in [2.05, 4.69) is 0 Å². The largest absolute Gasteiger partial charge is 0.379 e. The third-order valence-electron chi connectivity index (χ3n) is 3.04.